The minimum absolute atomic E-state index is 0.116. The maximum atomic E-state index is 11.9. The summed E-state index contributed by atoms with van der Waals surface area (Å²) < 4.78 is 0. The predicted octanol–water partition coefficient (Wildman–Crippen LogP) is 1.76. The van der Waals surface area contributed by atoms with E-state index in [0.717, 1.165) is 42.1 Å². The van der Waals surface area contributed by atoms with Gasteiger partial charge in [0.1, 0.15) is 0 Å². The van der Waals surface area contributed by atoms with Gasteiger partial charge in [-0.05, 0) is 25.3 Å². The number of carbonyl (C=O) groups excluding carboxylic acids is 1. The zero-order valence-corrected chi connectivity index (χ0v) is 11.4. The number of amides is 1. The van der Waals surface area contributed by atoms with Crippen molar-refractivity contribution >= 4 is 22.2 Å². The molecule has 1 N–H and O–H groups in total. The van der Waals surface area contributed by atoms with Crippen molar-refractivity contribution in [1.29, 1.82) is 0 Å². The summed E-state index contributed by atoms with van der Waals surface area (Å²) in [6, 6.07) is 3.22. The first-order valence-electron chi connectivity index (χ1n) is 6.38. The minimum atomic E-state index is -0.396. The summed E-state index contributed by atoms with van der Waals surface area (Å²) in [6.07, 6.45) is 3.38. The van der Waals surface area contributed by atoms with Gasteiger partial charge in [-0.15, -0.1) is 0 Å². The second-order valence-corrected chi connectivity index (χ2v) is 5.69. The van der Waals surface area contributed by atoms with Gasteiger partial charge in [0.25, 0.3) is 0 Å². The lowest BCUT2D eigenvalue weighted by atomic mass is 10.1. The molecular weight excluding hydrogens is 266 g/mol. The molecule has 1 aromatic rings. The number of nitrogens with one attached hydrogen (secondary N) is 1. The molecule has 0 atom stereocenters. The third kappa shape index (κ3) is 4.00. The molecule has 7 heteroatoms. The van der Waals surface area contributed by atoms with Crippen molar-refractivity contribution in [3.8, 4) is 0 Å². The molecule has 1 aliphatic rings. The molecular formula is C12H17N3O3S. The van der Waals surface area contributed by atoms with Crippen LogP contribution in [0.3, 0.4) is 0 Å². The van der Waals surface area contributed by atoms with Crippen molar-refractivity contribution in [2.75, 3.05) is 19.6 Å². The van der Waals surface area contributed by atoms with Crippen molar-refractivity contribution in [2.24, 2.45) is 0 Å². The molecule has 1 saturated heterocycles. The molecule has 0 radical (unpaired) electrons. The summed E-state index contributed by atoms with van der Waals surface area (Å²) in [5.74, 6) is 0.116. The average molecular weight is 283 g/mol. The molecule has 0 aromatic carbocycles. The van der Waals surface area contributed by atoms with Crippen LogP contribution in [-0.2, 0) is 11.3 Å². The van der Waals surface area contributed by atoms with Crippen LogP contribution in [0.25, 0.3) is 0 Å². The highest BCUT2D eigenvalue weighted by Gasteiger charge is 2.16. The number of rotatable bonds is 5. The number of nitrogens with zero attached hydrogens (tertiary/aromatic N) is 2. The molecule has 1 amide bonds. The highest BCUT2D eigenvalue weighted by atomic mass is 32.1. The molecule has 104 valence electrons. The number of carbonyl (C=O) groups is 1. The van der Waals surface area contributed by atoms with E-state index in [2.05, 4.69) is 5.32 Å². The van der Waals surface area contributed by atoms with Crippen LogP contribution in [0.1, 0.15) is 24.1 Å². The molecule has 19 heavy (non-hydrogen) atoms. The second kappa shape index (κ2) is 6.63. The zero-order chi connectivity index (χ0) is 13.7. The Kier molecular flexibility index (Phi) is 4.86. The van der Waals surface area contributed by atoms with Crippen LogP contribution in [0.2, 0.25) is 0 Å². The van der Waals surface area contributed by atoms with Gasteiger partial charge in [0.15, 0.2) is 0 Å². The summed E-state index contributed by atoms with van der Waals surface area (Å²) in [4.78, 5) is 24.8. The SMILES string of the molecule is O=C(CNCc1ccc([N+](=O)[O-])s1)N1CCCCC1. The maximum Gasteiger partial charge on any atom is 0.324 e. The second-order valence-electron chi connectivity index (χ2n) is 4.54. The average Bonchev–Trinajstić information content (AvgIpc) is 2.89. The standard InChI is InChI=1S/C12H17N3O3S/c16-11(14-6-2-1-3-7-14)9-13-8-10-4-5-12(19-10)15(17)18/h4-5,13H,1-3,6-9H2. The third-order valence-electron chi connectivity index (χ3n) is 3.11. The Morgan fingerprint density at radius 1 is 1.37 bits per heavy atom. The van der Waals surface area contributed by atoms with E-state index in [1.54, 1.807) is 6.07 Å². The monoisotopic (exact) mass is 283 g/mol. The maximum absolute atomic E-state index is 11.9. The Balaban J connectivity index is 1.73. The first-order chi connectivity index (χ1) is 9.16. The van der Waals surface area contributed by atoms with Gasteiger partial charge in [-0.2, -0.15) is 0 Å². The van der Waals surface area contributed by atoms with Crippen LogP contribution >= 0.6 is 11.3 Å². The molecule has 1 aliphatic heterocycles. The van der Waals surface area contributed by atoms with E-state index in [0.29, 0.717) is 13.1 Å². The van der Waals surface area contributed by atoms with E-state index in [1.165, 1.54) is 12.5 Å². The largest absolute Gasteiger partial charge is 0.342 e. The Hall–Kier alpha value is -1.47. The number of hydrogen-bond donors (Lipinski definition) is 1. The van der Waals surface area contributed by atoms with Gasteiger partial charge in [0.05, 0.1) is 11.5 Å². The highest BCUT2D eigenvalue weighted by Crippen LogP contribution is 2.23. The van der Waals surface area contributed by atoms with Gasteiger partial charge in [0, 0.05) is 30.6 Å². The van der Waals surface area contributed by atoms with E-state index in [-0.39, 0.29) is 10.9 Å². The van der Waals surface area contributed by atoms with E-state index in [9.17, 15) is 14.9 Å². The van der Waals surface area contributed by atoms with Crippen LogP contribution in [0.15, 0.2) is 12.1 Å². The van der Waals surface area contributed by atoms with Crippen molar-refractivity contribution in [1.82, 2.24) is 10.2 Å². The summed E-state index contributed by atoms with van der Waals surface area (Å²) in [5.41, 5.74) is 0. The van der Waals surface area contributed by atoms with E-state index in [1.807, 2.05) is 4.90 Å². The third-order valence-corrected chi connectivity index (χ3v) is 4.15. The van der Waals surface area contributed by atoms with Crippen molar-refractivity contribution < 1.29 is 9.72 Å². The van der Waals surface area contributed by atoms with Crippen LogP contribution in [-0.4, -0.2) is 35.4 Å². The topological polar surface area (TPSA) is 75.5 Å². The normalized spacial score (nSPS) is 15.5. The molecule has 0 aliphatic carbocycles. The van der Waals surface area contributed by atoms with Crippen molar-refractivity contribution in [2.45, 2.75) is 25.8 Å². The first kappa shape index (κ1) is 14.0. The van der Waals surface area contributed by atoms with Crippen molar-refractivity contribution in [3.05, 3.63) is 27.1 Å². The van der Waals surface area contributed by atoms with Gasteiger partial charge >= 0.3 is 5.00 Å². The molecule has 1 fully saturated rings. The van der Waals surface area contributed by atoms with Gasteiger partial charge in [-0.3, -0.25) is 14.9 Å². The fourth-order valence-electron chi connectivity index (χ4n) is 2.11. The summed E-state index contributed by atoms with van der Waals surface area (Å²) >= 11 is 1.14. The molecule has 0 saturated carbocycles. The highest BCUT2D eigenvalue weighted by molar-refractivity contribution is 7.15. The summed E-state index contributed by atoms with van der Waals surface area (Å²) in [6.45, 7) is 2.50. The van der Waals surface area contributed by atoms with Crippen molar-refractivity contribution in [3.63, 3.8) is 0 Å². The van der Waals surface area contributed by atoms with Gasteiger partial charge in [-0.1, -0.05) is 11.3 Å². The van der Waals surface area contributed by atoms with E-state index in [4.69, 9.17) is 0 Å². The predicted molar refractivity (Wildman–Crippen MR) is 73.1 cm³/mol. The molecule has 0 bridgehead atoms. The van der Waals surface area contributed by atoms with Crippen LogP contribution in [0, 0.1) is 10.1 Å². The Morgan fingerprint density at radius 3 is 2.74 bits per heavy atom. The number of thiophene rings is 1. The fourth-order valence-corrected chi connectivity index (χ4v) is 2.90. The lowest BCUT2D eigenvalue weighted by Gasteiger charge is -2.26. The number of hydrogen-bond acceptors (Lipinski definition) is 5. The molecule has 2 heterocycles. The quantitative estimate of drug-likeness (QED) is 0.660. The Bertz CT molecular complexity index is 455. The van der Waals surface area contributed by atoms with E-state index >= 15 is 0 Å². The van der Waals surface area contributed by atoms with Gasteiger partial charge in [-0.25, -0.2) is 0 Å². The fraction of sp³-hybridized carbons (Fsp3) is 0.583. The zero-order valence-electron chi connectivity index (χ0n) is 10.6. The molecule has 2 rings (SSSR count). The molecule has 6 nitrogen and oxygen atoms in total. The van der Waals surface area contributed by atoms with Crippen LogP contribution in [0.4, 0.5) is 5.00 Å². The minimum Gasteiger partial charge on any atom is -0.342 e. The molecule has 0 unspecified atom stereocenters. The lowest BCUT2D eigenvalue weighted by molar-refractivity contribution is -0.380. The number of nitro groups is 1. The lowest BCUT2D eigenvalue weighted by Crippen LogP contribution is -2.40. The summed E-state index contributed by atoms with van der Waals surface area (Å²) in [5, 5.41) is 13.7. The van der Waals surface area contributed by atoms with Gasteiger partial charge in [0.2, 0.25) is 5.91 Å². The Labute approximate surface area is 115 Å². The van der Waals surface area contributed by atoms with Crippen LogP contribution in [0.5, 0.6) is 0 Å². The Morgan fingerprint density at radius 2 is 2.11 bits per heavy atom. The first-order valence-corrected chi connectivity index (χ1v) is 7.20. The number of piperidine rings is 1. The van der Waals surface area contributed by atoms with Gasteiger partial charge < -0.3 is 10.2 Å². The summed E-state index contributed by atoms with van der Waals surface area (Å²) in [7, 11) is 0. The van der Waals surface area contributed by atoms with Crippen LogP contribution < -0.4 is 5.32 Å². The molecule has 1 aromatic heterocycles. The van der Waals surface area contributed by atoms with E-state index < -0.39 is 4.92 Å². The number of likely N-dealkylation sites (tertiary alicyclic amines) is 1. The molecule has 0 spiro atoms. The smallest absolute Gasteiger partial charge is 0.324 e.